The summed E-state index contributed by atoms with van der Waals surface area (Å²) >= 11 is 0. The van der Waals surface area contributed by atoms with E-state index in [2.05, 4.69) is 0 Å². The lowest BCUT2D eigenvalue weighted by atomic mass is 9.87. The molecule has 0 spiro atoms. The Hall–Kier alpha value is -1.26. The molecular weight excluding hydrogens is 222 g/mol. The third-order valence-corrected chi connectivity index (χ3v) is 2.45. The number of rotatable bonds is 8. The fourth-order valence-corrected chi connectivity index (χ4v) is 1.57. The molecule has 1 atom stereocenters. The lowest BCUT2D eigenvalue weighted by Crippen LogP contribution is -2.32. The van der Waals surface area contributed by atoms with E-state index in [1.165, 1.54) is 0 Å². The van der Waals surface area contributed by atoms with Gasteiger partial charge in [-0.3, -0.25) is 4.79 Å². The first-order valence-electron chi connectivity index (χ1n) is 6.01. The van der Waals surface area contributed by atoms with Crippen LogP contribution < -0.4 is 5.73 Å². The maximum atomic E-state index is 11.3. The zero-order valence-corrected chi connectivity index (χ0v) is 11.0. The number of hydrogen-bond acceptors (Lipinski definition) is 4. The number of carbonyl (C=O) groups excluding carboxylic acids is 2. The molecular formula is C12H23NO4. The fraction of sp³-hybridized carbons (Fsp3) is 0.833. The molecule has 1 amide bonds. The first-order valence-corrected chi connectivity index (χ1v) is 6.01. The zero-order chi connectivity index (χ0) is 13.3. The van der Waals surface area contributed by atoms with Gasteiger partial charge in [-0.05, 0) is 12.8 Å². The lowest BCUT2D eigenvalue weighted by Gasteiger charge is -2.27. The number of amides is 1. The molecule has 0 saturated heterocycles. The Labute approximate surface area is 103 Å². The van der Waals surface area contributed by atoms with Crippen molar-refractivity contribution in [2.24, 2.45) is 11.1 Å². The smallest absolute Gasteiger partial charge is 0.404 e. The summed E-state index contributed by atoms with van der Waals surface area (Å²) in [5.41, 5.74) is 4.58. The summed E-state index contributed by atoms with van der Waals surface area (Å²) in [5, 5.41) is 0. The SMILES string of the molecule is CCCC(=O)OCC(C)(CCC)COC(N)=O. The van der Waals surface area contributed by atoms with Gasteiger partial charge in [0.2, 0.25) is 0 Å². The fourth-order valence-electron chi connectivity index (χ4n) is 1.57. The van der Waals surface area contributed by atoms with Gasteiger partial charge < -0.3 is 15.2 Å². The zero-order valence-electron chi connectivity index (χ0n) is 11.0. The van der Waals surface area contributed by atoms with E-state index < -0.39 is 6.09 Å². The van der Waals surface area contributed by atoms with Crippen LogP contribution in [0.15, 0.2) is 0 Å². The van der Waals surface area contributed by atoms with E-state index in [4.69, 9.17) is 15.2 Å². The third-order valence-electron chi connectivity index (χ3n) is 2.45. The van der Waals surface area contributed by atoms with E-state index in [1.807, 2.05) is 20.8 Å². The molecule has 5 heteroatoms. The van der Waals surface area contributed by atoms with Crippen LogP contribution in [0.1, 0.15) is 46.5 Å². The Bertz CT molecular complexity index is 255. The van der Waals surface area contributed by atoms with Crippen molar-refractivity contribution < 1.29 is 19.1 Å². The summed E-state index contributed by atoms with van der Waals surface area (Å²) in [6, 6.07) is 0. The number of primary amides is 1. The molecule has 0 aromatic rings. The number of carbonyl (C=O) groups is 2. The van der Waals surface area contributed by atoms with Gasteiger partial charge in [0.25, 0.3) is 0 Å². The van der Waals surface area contributed by atoms with Crippen molar-refractivity contribution in [3.8, 4) is 0 Å². The molecule has 0 aliphatic heterocycles. The number of hydrogen-bond donors (Lipinski definition) is 1. The van der Waals surface area contributed by atoms with Crippen molar-refractivity contribution in [3.63, 3.8) is 0 Å². The summed E-state index contributed by atoms with van der Waals surface area (Å²) in [7, 11) is 0. The molecule has 0 fully saturated rings. The summed E-state index contributed by atoms with van der Waals surface area (Å²) in [5.74, 6) is -0.214. The molecule has 1 unspecified atom stereocenters. The molecule has 0 aliphatic carbocycles. The molecule has 0 radical (unpaired) electrons. The summed E-state index contributed by atoms with van der Waals surface area (Å²) in [6.45, 7) is 6.29. The minimum Gasteiger partial charge on any atom is -0.465 e. The Balaban J connectivity index is 4.19. The first kappa shape index (κ1) is 15.7. The molecule has 17 heavy (non-hydrogen) atoms. The molecule has 0 aromatic heterocycles. The van der Waals surface area contributed by atoms with Crippen molar-refractivity contribution in [2.45, 2.75) is 46.5 Å². The average Bonchev–Trinajstić information content (AvgIpc) is 2.25. The van der Waals surface area contributed by atoms with Crippen LogP contribution in [0.5, 0.6) is 0 Å². The van der Waals surface area contributed by atoms with Gasteiger partial charge in [0.1, 0.15) is 6.61 Å². The van der Waals surface area contributed by atoms with E-state index in [0.717, 1.165) is 19.3 Å². The second kappa shape index (κ2) is 7.92. The van der Waals surface area contributed by atoms with Crippen LogP contribution >= 0.6 is 0 Å². The topological polar surface area (TPSA) is 78.6 Å². The van der Waals surface area contributed by atoms with Gasteiger partial charge >= 0.3 is 12.1 Å². The second-order valence-electron chi connectivity index (χ2n) is 4.58. The highest BCUT2D eigenvalue weighted by molar-refractivity contribution is 5.69. The number of esters is 1. The molecule has 100 valence electrons. The van der Waals surface area contributed by atoms with Gasteiger partial charge in [-0.15, -0.1) is 0 Å². The Morgan fingerprint density at radius 1 is 1.12 bits per heavy atom. The van der Waals surface area contributed by atoms with Gasteiger partial charge in [-0.25, -0.2) is 4.79 Å². The minimum atomic E-state index is -0.799. The number of ether oxygens (including phenoxy) is 2. The van der Waals surface area contributed by atoms with E-state index in [1.54, 1.807) is 0 Å². The summed E-state index contributed by atoms with van der Waals surface area (Å²) in [6.07, 6.45) is 2.11. The first-order chi connectivity index (χ1) is 7.93. The van der Waals surface area contributed by atoms with Gasteiger partial charge in [0.05, 0.1) is 6.61 Å². The van der Waals surface area contributed by atoms with E-state index >= 15 is 0 Å². The van der Waals surface area contributed by atoms with Crippen LogP contribution in [0.4, 0.5) is 4.79 Å². The van der Waals surface area contributed by atoms with E-state index in [9.17, 15) is 9.59 Å². The Kier molecular flexibility index (Phi) is 7.34. The maximum absolute atomic E-state index is 11.3. The highest BCUT2D eigenvalue weighted by Crippen LogP contribution is 2.24. The molecule has 0 heterocycles. The van der Waals surface area contributed by atoms with Gasteiger partial charge in [-0.2, -0.15) is 0 Å². The molecule has 0 saturated carbocycles. The van der Waals surface area contributed by atoms with Crippen molar-refractivity contribution >= 4 is 12.1 Å². The molecule has 0 aromatic carbocycles. The van der Waals surface area contributed by atoms with Gasteiger partial charge in [0, 0.05) is 11.8 Å². The number of nitrogens with two attached hydrogens (primary N) is 1. The van der Waals surface area contributed by atoms with Gasteiger partial charge in [-0.1, -0.05) is 27.2 Å². The summed E-state index contributed by atoms with van der Waals surface area (Å²) in [4.78, 5) is 21.9. The van der Waals surface area contributed by atoms with Crippen LogP contribution in [0.3, 0.4) is 0 Å². The van der Waals surface area contributed by atoms with Crippen LogP contribution in [0.25, 0.3) is 0 Å². The quantitative estimate of drug-likeness (QED) is 0.665. The van der Waals surface area contributed by atoms with E-state index in [-0.39, 0.29) is 24.6 Å². The van der Waals surface area contributed by atoms with Crippen LogP contribution in [0.2, 0.25) is 0 Å². The monoisotopic (exact) mass is 245 g/mol. The highest BCUT2D eigenvalue weighted by atomic mass is 16.6. The minimum absolute atomic E-state index is 0.176. The van der Waals surface area contributed by atoms with Crippen molar-refractivity contribution in [1.82, 2.24) is 0 Å². The van der Waals surface area contributed by atoms with Crippen molar-refractivity contribution in [2.75, 3.05) is 13.2 Å². The maximum Gasteiger partial charge on any atom is 0.404 e. The predicted octanol–water partition coefficient (Wildman–Crippen LogP) is 2.23. The molecule has 2 N–H and O–H groups in total. The standard InChI is InChI=1S/C12H23NO4/c1-4-6-10(14)16-8-12(3,7-5-2)9-17-11(13)15/h4-9H2,1-3H3,(H2,13,15). The van der Waals surface area contributed by atoms with E-state index in [0.29, 0.717) is 6.42 Å². The lowest BCUT2D eigenvalue weighted by molar-refractivity contribution is -0.148. The third kappa shape index (κ3) is 7.60. The van der Waals surface area contributed by atoms with Crippen molar-refractivity contribution in [3.05, 3.63) is 0 Å². The Morgan fingerprint density at radius 2 is 1.71 bits per heavy atom. The summed E-state index contributed by atoms with van der Waals surface area (Å²) < 4.78 is 9.96. The highest BCUT2D eigenvalue weighted by Gasteiger charge is 2.27. The average molecular weight is 245 g/mol. The molecule has 0 bridgehead atoms. The van der Waals surface area contributed by atoms with Crippen LogP contribution in [0, 0.1) is 5.41 Å². The molecule has 5 nitrogen and oxygen atoms in total. The van der Waals surface area contributed by atoms with Crippen LogP contribution in [-0.4, -0.2) is 25.3 Å². The van der Waals surface area contributed by atoms with Gasteiger partial charge in [0.15, 0.2) is 0 Å². The van der Waals surface area contributed by atoms with Crippen LogP contribution in [-0.2, 0) is 14.3 Å². The largest absolute Gasteiger partial charge is 0.465 e. The van der Waals surface area contributed by atoms with Crippen molar-refractivity contribution in [1.29, 1.82) is 0 Å². The predicted molar refractivity (Wildman–Crippen MR) is 64.4 cm³/mol. The Morgan fingerprint density at radius 3 is 2.18 bits per heavy atom. The molecule has 0 rings (SSSR count). The second-order valence-corrected chi connectivity index (χ2v) is 4.58. The molecule has 0 aliphatic rings. The normalized spacial score (nSPS) is 13.8.